The molecule has 0 aliphatic heterocycles. The van der Waals surface area contributed by atoms with Gasteiger partial charge in [0, 0.05) is 24.5 Å². The number of hydrogen-bond acceptors (Lipinski definition) is 2. The van der Waals surface area contributed by atoms with E-state index in [4.69, 9.17) is 0 Å². The van der Waals surface area contributed by atoms with Gasteiger partial charge >= 0.3 is 0 Å². The molecule has 0 saturated heterocycles. The van der Waals surface area contributed by atoms with E-state index in [1.165, 1.54) is 16.7 Å². The van der Waals surface area contributed by atoms with Crippen molar-refractivity contribution in [1.29, 1.82) is 0 Å². The van der Waals surface area contributed by atoms with Crippen molar-refractivity contribution in [2.24, 2.45) is 0 Å². The Morgan fingerprint density at radius 1 is 1.12 bits per heavy atom. The molecule has 1 amide bonds. The van der Waals surface area contributed by atoms with E-state index in [0.29, 0.717) is 12.1 Å². The lowest BCUT2D eigenvalue weighted by molar-refractivity contribution is 0.0953. The molecule has 4 nitrogen and oxygen atoms in total. The zero-order chi connectivity index (χ0) is 17.6. The largest absolute Gasteiger partial charge is 0.352 e. The monoisotopic (exact) mass is 333 g/mol. The fraction of sp³-hybridized carbons (Fsp3) is 0.238. The third kappa shape index (κ3) is 4.35. The third-order valence-corrected chi connectivity index (χ3v) is 4.30. The SMILES string of the molecule is Cc1ccc(CCCNC(=O)c2ccc(-n3cccn3)cc2)c(C)c1. The molecule has 0 atom stereocenters. The summed E-state index contributed by atoms with van der Waals surface area (Å²) in [5.41, 5.74) is 5.57. The van der Waals surface area contributed by atoms with Crippen LogP contribution >= 0.6 is 0 Å². The molecule has 2 aromatic carbocycles. The minimum Gasteiger partial charge on any atom is -0.352 e. The van der Waals surface area contributed by atoms with E-state index in [1.807, 2.05) is 36.5 Å². The van der Waals surface area contributed by atoms with Gasteiger partial charge in [-0.3, -0.25) is 4.79 Å². The highest BCUT2D eigenvalue weighted by Gasteiger charge is 2.06. The van der Waals surface area contributed by atoms with Gasteiger partial charge in [0.1, 0.15) is 0 Å². The fourth-order valence-corrected chi connectivity index (χ4v) is 2.90. The fourth-order valence-electron chi connectivity index (χ4n) is 2.90. The van der Waals surface area contributed by atoms with Crippen LogP contribution in [0.25, 0.3) is 5.69 Å². The van der Waals surface area contributed by atoms with Gasteiger partial charge < -0.3 is 5.32 Å². The second-order valence-corrected chi connectivity index (χ2v) is 6.29. The van der Waals surface area contributed by atoms with Crippen molar-refractivity contribution in [3.8, 4) is 5.69 Å². The summed E-state index contributed by atoms with van der Waals surface area (Å²) in [5.74, 6) is -0.0346. The molecule has 0 aliphatic carbocycles. The maximum Gasteiger partial charge on any atom is 0.251 e. The van der Waals surface area contributed by atoms with Crippen molar-refractivity contribution < 1.29 is 4.79 Å². The normalized spacial score (nSPS) is 10.6. The van der Waals surface area contributed by atoms with Gasteiger partial charge in [-0.25, -0.2) is 4.68 Å². The highest BCUT2D eigenvalue weighted by atomic mass is 16.1. The van der Waals surface area contributed by atoms with E-state index in [-0.39, 0.29) is 5.91 Å². The van der Waals surface area contributed by atoms with Crippen molar-refractivity contribution in [2.75, 3.05) is 6.54 Å². The molecule has 0 aliphatic rings. The standard InChI is InChI=1S/C21H23N3O/c1-16-6-7-18(17(2)15-16)5-3-12-22-21(25)19-8-10-20(11-9-19)24-14-4-13-23-24/h4,6-11,13-15H,3,5,12H2,1-2H3,(H,22,25). The lowest BCUT2D eigenvalue weighted by Gasteiger charge is -2.09. The molecule has 1 heterocycles. The molecule has 3 aromatic rings. The summed E-state index contributed by atoms with van der Waals surface area (Å²) in [6.45, 7) is 4.92. The topological polar surface area (TPSA) is 46.9 Å². The number of benzene rings is 2. The average Bonchev–Trinajstić information content (AvgIpc) is 3.15. The van der Waals surface area contributed by atoms with Crippen LogP contribution in [0.4, 0.5) is 0 Å². The number of hydrogen-bond donors (Lipinski definition) is 1. The number of nitrogens with one attached hydrogen (secondary N) is 1. The molecule has 0 fully saturated rings. The Labute approximate surface area is 148 Å². The molecule has 3 rings (SSSR count). The third-order valence-electron chi connectivity index (χ3n) is 4.30. The van der Waals surface area contributed by atoms with Crippen molar-refractivity contribution in [3.05, 3.63) is 83.2 Å². The van der Waals surface area contributed by atoms with E-state index >= 15 is 0 Å². The summed E-state index contributed by atoms with van der Waals surface area (Å²) in [6.07, 6.45) is 5.52. The Balaban J connectivity index is 1.49. The van der Waals surface area contributed by atoms with Gasteiger partial charge in [-0.2, -0.15) is 5.10 Å². The lowest BCUT2D eigenvalue weighted by Crippen LogP contribution is -2.24. The van der Waals surface area contributed by atoms with Crippen LogP contribution in [0.2, 0.25) is 0 Å². The Kier molecular flexibility index (Phi) is 5.29. The zero-order valence-corrected chi connectivity index (χ0v) is 14.7. The Morgan fingerprint density at radius 2 is 1.92 bits per heavy atom. The van der Waals surface area contributed by atoms with E-state index < -0.39 is 0 Å². The molecular formula is C21H23N3O. The van der Waals surface area contributed by atoms with E-state index in [0.717, 1.165) is 18.5 Å². The molecule has 1 N–H and O–H groups in total. The number of aromatic nitrogens is 2. The van der Waals surface area contributed by atoms with Gasteiger partial charge in [0.15, 0.2) is 0 Å². The molecular weight excluding hydrogens is 310 g/mol. The number of aryl methyl sites for hydroxylation is 3. The summed E-state index contributed by atoms with van der Waals surface area (Å²) >= 11 is 0. The van der Waals surface area contributed by atoms with Gasteiger partial charge in [-0.05, 0) is 68.1 Å². The maximum atomic E-state index is 12.2. The predicted octanol–water partition coefficient (Wildman–Crippen LogP) is 3.85. The molecule has 0 spiro atoms. The van der Waals surface area contributed by atoms with Crippen LogP contribution in [0, 0.1) is 13.8 Å². The smallest absolute Gasteiger partial charge is 0.251 e. The van der Waals surface area contributed by atoms with Crippen LogP contribution in [0.3, 0.4) is 0 Å². The van der Waals surface area contributed by atoms with Gasteiger partial charge in [0.25, 0.3) is 5.91 Å². The minimum atomic E-state index is -0.0346. The van der Waals surface area contributed by atoms with Crippen LogP contribution < -0.4 is 5.32 Å². The van der Waals surface area contributed by atoms with Crippen LogP contribution in [0.5, 0.6) is 0 Å². The summed E-state index contributed by atoms with van der Waals surface area (Å²) in [4.78, 5) is 12.2. The summed E-state index contributed by atoms with van der Waals surface area (Å²) < 4.78 is 1.77. The van der Waals surface area contributed by atoms with Crippen molar-refractivity contribution in [1.82, 2.24) is 15.1 Å². The summed E-state index contributed by atoms with van der Waals surface area (Å²) in [6, 6.07) is 15.9. The molecule has 1 aromatic heterocycles. The minimum absolute atomic E-state index is 0.0346. The first-order valence-corrected chi connectivity index (χ1v) is 8.58. The van der Waals surface area contributed by atoms with E-state index in [9.17, 15) is 4.79 Å². The van der Waals surface area contributed by atoms with Crippen LogP contribution in [-0.2, 0) is 6.42 Å². The number of amides is 1. The van der Waals surface area contributed by atoms with Gasteiger partial charge in [0.05, 0.1) is 5.69 Å². The second kappa shape index (κ2) is 7.79. The summed E-state index contributed by atoms with van der Waals surface area (Å²) in [7, 11) is 0. The highest BCUT2D eigenvalue weighted by molar-refractivity contribution is 5.94. The average molecular weight is 333 g/mol. The first-order chi connectivity index (χ1) is 12.1. The lowest BCUT2D eigenvalue weighted by atomic mass is 10.0. The Morgan fingerprint density at radius 3 is 2.60 bits per heavy atom. The second-order valence-electron chi connectivity index (χ2n) is 6.29. The highest BCUT2D eigenvalue weighted by Crippen LogP contribution is 2.12. The zero-order valence-electron chi connectivity index (χ0n) is 14.7. The van der Waals surface area contributed by atoms with Crippen LogP contribution in [0.15, 0.2) is 60.9 Å². The van der Waals surface area contributed by atoms with E-state index in [1.54, 1.807) is 10.9 Å². The van der Waals surface area contributed by atoms with Gasteiger partial charge in [-0.15, -0.1) is 0 Å². The summed E-state index contributed by atoms with van der Waals surface area (Å²) in [5, 5.41) is 7.17. The first kappa shape index (κ1) is 17.0. The molecule has 0 saturated carbocycles. The van der Waals surface area contributed by atoms with Crippen LogP contribution in [0.1, 0.15) is 33.5 Å². The van der Waals surface area contributed by atoms with Crippen molar-refractivity contribution in [3.63, 3.8) is 0 Å². The Hall–Kier alpha value is -2.88. The van der Waals surface area contributed by atoms with Crippen LogP contribution in [-0.4, -0.2) is 22.2 Å². The first-order valence-electron chi connectivity index (χ1n) is 8.58. The predicted molar refractivity (Wildman–Crippen MR) is 100 cm³/mol. The van der Waals surface area contributed by atoms with Crippen molar-refractivity contribution in [2.45, 2.75) is 26.7 Å². The van der Waals surface area contributed by atoms with Crippen molar-refractivity contribution >= 4 is 5.91 Å². The molecule has 0 bridgehead atoms. The number of carbonyl (C=O) groups excluding carboxylic acids is 1. The Bertz CT molecular complexity index is 836. The molecule has 0 radical (unpaired) electrons. The number of nitrogens with zero attached hydrogens (tertiary/aromatic N) is 2. The molecule has 25 heavy (non-hydrogen) atoms. The van der Waals surface area contributed by atoms with E-state index in [2.05, 4.69) is 42.5 Å². The number of carbonyl (C=O) groups is 1. The molecule has 128 valence electrons. The van der Waals surface area contributed by atoms with Gasteiger partial charge in [0.2, 0.25) is 0 Å². The maximum absolute atomic E-state index is 12.2. The quantitative estimate of drug-likeness (QED) is 0.697. The number of rotatable bonds is 6. The molecule has 4 heteroatoms. The molecule has 0 unspecified atom stereocenters. The van der Waals surface area contributed by atoms with Gasteiger partial charge in [-0.1, -0.05) is 23.8 Å².